The molecule has 0 bridgehead atoms. The summed E-state index contributed by atoms with van der Waals surface area (Å²) in [5.74, 6) is 0.0613. The van der Waals surface area contributed by atoms with Crippen LogP contribution in [0.3, 0.4) is 0 Å². The van der Waals surface area contributed by atoms with Crippen molar-refractivity contribution in [2.45, 2.75) is 4.90 Å². The first-order valence-corrected chi connectivity index (χ1v) is 12.5. The number of carbonyl (C=O) groups excluding carboxylic acids is 2. The van der Waals surface area contributed by atoms with Crippen LogP contribution in [0.15, 0.2) is 88.7 Å². The van der Waals surface area contributed by atoms with E-state index in [-0.39, 0.29) is 18.4 Å². The van der Waals surface area contributed by atoms with Gasteiger partial charge in [-0.3, -0.25) is 14.5 Å². The van der Waals surface area contributed by atoms with E-state index in [0.29, 0.717) is 26.2 Å². The van der Waals surface area contributed by atoms with Crippen molar-refractivity contribution in [1.82, 2.24) is 0 Å². The highest BCUT2D eigenvalue weighted by atomic mass is 32.2. The van der Waals surface area contributed by atoms with E-state index < -0.39 is 0 Å². The summed E-state index contributed by atoms with van der Waals surface area (Å²) in [5, 5.41) is 2.79. The Kier molecular flexibility index (Phi) is 7.49. The molecule has 0 atom stereocenters. The van der Waals surface area contributed by atoms with Gasteiger partial charge in [-0.15, -0.1) is 11.8 Å². The minimum absolute atomic E-state index is 0.151. The SMILES string of the molecule is CSc1cccc(N2C(=O)/C(=C\c3ccccc3OCC(=O)Nc3ccccc3)SC2=S)c1. The Hall–Kier alpha value is -3.07. The zero-order valence-corrected chi connectivity index (χ0v) is 20.1. The number of nitrogens with one attached hydrogen (secondary N) is 1. The Morgan fingerprint density at radius 2 is 1.85 bits per heavy atom. The van der Waals surface area contributed by atoms with Crippen LogP contribution in [0, 0.1) is 0 Å². The number of thioether (sulfide) groups is 2. The molecule has 0 aliphatic carbocycles. The average Bonchev–Trinajstić information content (AvgIpc) is 3.11. The molecule has 0 unspecified atom stereocenters. The van der Waals surface area contributed by atoms with Crippen LogP contribution in [0.2, 0.25) is 0 Å². The smallest absolute Gasteiger partial charge is 0.270 e. The molecule has 1 saturated heterocycles. The van der Waals surface area contributed by atoms with Crippen LogP contribution in [0.25, 0.3) is 6.08 Å². The number of thiocarbonyl (C=S) groups is 1. The number of ether oxygens (including phenoxy) is 1. The fourth-order valence-corrected chi connectivity index (χ4v) is 4.92. The first kappa shape index (κ1) is 23.1. The van der Waals surface area contributed by atoms with Gasteiger partial charge in [-0.05, 0) is 48.7 Å². The van der Waals surface area contributed by atoms with E-state index in [1.807, 2.05) is 79.1 Å². The molecule has 1 aliphatic rings. The average molecular weight is 493 g/mol. The zero-order chi connectivity index (χ0) is 23.2. The maximum atomic E-state index is 13.1. The van der Waals surface area contributed by atoms with Gasteiger partial charge in [0, 0.05) is 16.1 Å². The van der Waals surface area contributed by atoms with E-state index in [1.165, 1.54) is 11.8 Å². The molecule has 8 heteroatoms. The first-order valence-electron chi connectivity index (χ1n) is 10.0. The number of benzene rings is 3. The van der Waals surface area contributed by atoms with Gasteiger partial charge in [0.15, 0.2) is 10.9 Å². The summed E-state index contributed by atoms with van der Waals surface area (Å²) in [4.78, 5) is 28.5. The molecule has 0 spiro atoms. The number of hydrogen-bond acceptors (Lipinski definition) is 6. The van der Waals surface area contributed by atoms with Crippen molar-refractivity contribution in [1.29, 1.82) is 0 Å². The van der Waals surface area contributed by atoms with E-state index in [9.17, 15) is 9.59 Å². The zero-order valence-electron chi connectivity index (χ0n) is 17.7. The lowest BCUT2D eigenvalue weighted by atomic mass is 10.2. The van der Waals surface area contributed by atoms with Crippen molar-refractivity contribution in [2.24, 2.45) is 0 Å². The number of hydrogen-bond donors (Lipinski definition) is 1. The Morgan fingerprint density at radius 1 is 1.09 bits per heavy atom. The topological polar surface area (TPSA) is 58.6 Å². The quantitative estimate of drug-likeness (QED) is 0.254. The summed E-state index contributed by atoms with van der Waals surface area (Å²) in [6.45, 7) is -0.151. The molecule has 5 nitrogen and oxygen atoms in total. The van der Waals surface area contributed by atoms with Gasteiger partial charge in [0.25, 0.3) is 11.8 Å². The third-order valence-electron chi connectivity index (χ3n) is 4.73. The maximum absolute atomic E-state index is 13.1. The second kappa shape index (κ2) is 10.7. The Bertz CT molecular complexity index is 1230. The van der Waals surface area contributed by atoms with E-state index in [4.69, 9.17) is 17.0 Å². The van der Waals surface area contributed by atoms with Crippen molar-refractivity contribution in [3.63, 3.8) is 0 Å². The standard InChI is InChI=1S/C25H20N2O3S3/c1-32-20-12-7-11-19(15-20)27-24(29)22(33-25(27)31)14-17-8-5-6-13-21(17)30-16-23(28)26-18-9-3-2-4-10-18/h2-15H,16H2,1H3,(H,26,28)/b22-14+. The summed E-state index contributed by atoms with van der Waals surface area (Å²) in [7, 11) is 0. The molecule has 4 rings (SSSR count). The lowest BCUT2D eigenvalue weighted by molar-refractivity contribution is -0.118. The predicted octanol–water partition coefficient (Wildman–Crippen LogP) is 5.83. The van der Waals surface area contributed by atoms with E-state index in [2.05, 4.69) is 5.32 Å². The van der Waals surface area contributed by atoms with Crippen molar-refractivity contribution in [3.05, 3.63) is 89.3 Å². The predicted molar refractivity (Wildman–Crippen MR) is 141 cm³/mol. The normalized spacial score (nSPS) is 14.6. The number of rotatable bonds is 7. The number of anilines is 2. The fourth-order valence-electron chi connectivity index (χ4n) is 3.17. The molecular weight excluding hydrogens is 472 g/mol. The van der Waals surface area contributed by atoms with Gasteiger partial charge in [0.05, 0.1) is 10.6 Å². The van der Waals surface area contributed by atoms with Crippen molar-refractivity contribution < 1.29 is 14.3 Å². The van der Waals surface area contributed by atoms with E-state index in [1.54, 1.807) is 28.8 Å². The van der Waals surface area contributed by atoms with Gasteiger partial charge in [-0.1, -0.05) is 66.4 Å². The van der Waals surface area contributed by atoms with E-state index >= 15 is 0 Å². The van der Waals surface area contributed by atoms with E-state index in [0.717, 1.165) is 10.6 Å². The molecule has 1 aliphatic heterocycles. The Morgan fingerprint density at radius 3 is 2.64 bits per heavy atom. The van der Waals surface area contributed by atoms with Gasteiger partial charge < -0.3 is 10.1 Å². The number of para-hydroxylation sites is 2. The molecule has 2 amide bonds. The second-order valence-electron chi connectivity index (χ2n) is 6.96. The van der Waals surface area contributed by atoms with Crippen molar-refractivity contribution >= 4 is 69.3 Å². The molecule has 0 aromatic heterocycles. The summed E-state index contributed by atoms with van der Waals surface area (Å²) >= 11 is 8.34. The van der Waals surface area contributed by atoms with Gasteiger partial charge in [-0.2, -0.15) is 0 Å². The minimum Gasteiger partial charge on any atom is -0.483 e. The highest BCUT2D eigenvalue weighted by Crippen LogP contribution is 2.38. The summed E-state index contributed by atoms with van der Waals surface area (Å²) in [5.41, 5.74) is 2.15. The molecule has 3 aromatic carbocycles. The van der Waals surface area contributed by atoms with Crippen molar-refractivity contribution in [3.8, 4) is 5.75 Å². The Labute approximate surface area is 206 Å². The molecule has 33 heavy (non-hydrogen) atoms. The fraction of sp³-hybridized carbons (Fsp3) is 0.0800. The molecular formula is C25H20N2O3S3. The summed E-state index contributed by atoms with van der Waals surface area (Å²) in [6.07, 6.45) is 3.74. The highest BCUT2D eigenvalue weighted by molar-refractivity contribution is 8.27. The first-order chi connectivity index (χ1) is 16.0. The third kappa shape index (κ3) is 5.65. The van der Waals surface area contributed by atoms with Crippen LogP contribution in [0.1, 0.15) is 5.56 Å². The summed E-state index contributed by atoms with van der Waals surface area (Å²) < 4.78 is 6.24. The lowest BCUT2D eigenvalue weighted by Crippen LogP contribution is -2.27. The molecule has 0 saturated carbocycles. The summed E-state index contributed by atoms with van der Waals surface area (Å²) in [6, 6.07) is 24.2. The van der Waals surface area contributed by atoms with Gasteiger partial charge in [0.1, 0.15) is 5.75 Å². The molecule has 166 valence electrons. The molecule has 1 fully saturated rings. The van der Waals surface area contributed by atoms with Gasteiger partial charge in [0.2, 0.25) is 0 Å². The van der Waals surface area contributed by atoms with Crippen LogP contribution in [0.5, 0.6) is 5.75 Å². The van der Waals surface area contributed by atoms with Crippen LogP contribution in [-0.2, 0) is 9.59 Å². The monoisotopic (exact) mass is 492 g/mol. The van der Waals surface area contributed by atoms with Crippen LogP contribution >= 0.6 is 35.7 Å². The van der Waals surface area contributed by atoms with Crippen LogP contribution in [0.4, 0.5) is 11.4 Å². The largest absolute Gasteiger partial charge is 0.483 e. The Balaban J connectivity index is 1.49. The van der Waals surface area contributed by atoms with Gasteiger partial charge >= 0.3 is 0 Å². The lowest BCUT2D eigenvalue weighted by Gasteiger charge is -2.15. The number of carbonyl (C=O) groups is 2. The molecule has 0 radical (unpaired) electrons. The molecule has 3 aromatic rings. The van der Waals surface area contributed by atoms with Crippen molar-refractivity contribution in [2.75, 3.05) is 23.1 Å². The van der Waals surface area contributed by atoms with Crippen LogP contribution in [-0.4, -0.2) is 29.0 Å². The van der Waals surface area contributed by atoms with Crippen LogP contribution < -0.4 is 15.0 Å². The minimum atomic E-state index is -0.268. The molecule has 1 N–H and O–H groups in total. The number of nitrogens with zero attached hydrogens (tertiary/aromatic N) is 1. The molecule has 1 heterocycles. The number of amides is 2. The van der Waals surface area contributed by atoms with Gasteiger partial charge in [-0.25, -0.2) is 0 Å². The highest BCUT2D eigenvalue weighted by Gasteiger charge is 2.33. The maximum Gasteiger partial charge on any atom is 0.270 e. The third-order valence-corrected chi connectivity index (χ3v) is 6.75. The second-order valence-corrected chi connectivity index (χ2v) is 9.51.